The van der Waals surface area contributed by atoms with Crippen LogP contribution in [0.15, 0.2) is 336 Å². The van der Waals surface area contributed by atoms with Crippen molar-refractivity contribution in [3.63, 3.8) is 0 Å². The highest BCUT2D eigenvalue weighted by atomic mass is 32.1. The third kappa shape index (κ3) is 11.0. The van der Waals surface area contributed by atoms with Gasteiger partial charge in [-0.25, -0.2) is 39.9 Å². The molecule has 0 saturated heterocycles. The van der Waals surface area contributed by atoms with Crippen molar-refractivity contribution in [1.29, 1.82) is 0 Å². The molecule has 104 heavy (non-hydrogen) atoms. The summed E-state index contributed by atoms with van der Waals surface area (Å²) in [6, 6.07) is 113. The van der Waals surface area contributed by atoms with Gasteiger partial charge in [-0.15, -0.1) is 22.7 Å². The van der Waals surface area contributed by atoms with Crippen LogP contribution in [0.2, 0.25) is 0 Å². The molecule has 14 aromatic carbocycles. The lowest BCUT2D eigenvalue weighted by atomic mass is 9.97. The molecule has 0 N–H and O–H groups in total. The summed E-state index contributed by atoms with van der Waals surface area (Å²) in [7, 11) is 0. The van der Waals surface area contributed by atoms with Gasteiger partial charge in [-0.05, 0) is 105 Å². The van der Waals surface area contributed by atoms with Crippen molar-refractivity contribution in [2.24, 2.45) is 0 Å². The summed E-state index contributed by atoms with van der Waals surface area (Å²) in [6.45, 7) is 0. The van der Waals surface area contributed by atoms with Crippen LogP contribution in [0, 0.1) is 0 Å². The van der Waals surface area contributed by atoms with Gasteiger partial charge in [0.25, 0.3) is 0 Å². The number of fused-ring (bicyclic) bond motifs is 8. The molecule has 0 radical (unpaired) electrons. The average Bonchev–Trinajstić information content (AvgIpc) is 0.953. The van der Waals surface area contributed by atoms with E-state index in [9.17, 15) is 0 Å². The second-order valence-corrected chi connectivity index (χ2v) is 27.8. The van der Waals surface area contributed by atoms with E-state index in [-0.39, 0.29) is 0 Å². The Morgan fingerprint density at radius 3 is 1.12 bits per heavy atom. The predicted octanol–water partition coefficient (Wildman–Crippen LogP) is 24.7. The zero-order valence-electron chi connectivity index (χ0n) is 55.4. The maximum atomic E-state index is 6.90. The Morgan fingerprint density at radius 2 is 0.558 bits per heavy atom. The molecule has 0 aliphatic heterocycles. The van der Waals surface area contributed by atoms with Crippen LogP contribution in [0.25, 0.3) is 209 Å². The highest BCUT2D eigenvalue weighted by Gasteiger charge is 2.24. The van der Waals surface area contributed by atoms with E-state index >= 15 is 0 Å². The number of furan rings is 2. The third-order valence-corrected chi connectivity index (χ3v) is 21.4. The maximum absolute atomic E-state index is 6.90. The molecule has 0 aliphatic rings. The van der Waals surface area contributed by atoms with Crippen molar-refractivity contribution in [3.8, 4) is 145 Å². The molecule has 0 spiro atoms. The number of hydrogen-bond donors (Lipinski definition) is 0. The van der Waals surface area contributed by atoms with Crippen LogP contribution in [0.1, 0.15) is 0 Å². The minimum atomic E-state index is 0.553. The van der Waals surface area contributed by atoms with Crippen LogP contribution in [0.5, 0.6) is 0 Å². The fourth-order valence-corrected chi connectivity index (χ4v) is 16.2. The average molecular weight is 1370 g/mol. The van der Waals surface area contributed by atoms with Crippen molar-refractivity contribution in [2.45, 2.75) is 0 Å². The van der Waals surface area contributed by atoms with Gasteiger partial charge in [0.15, 0.2) is 34.9 Å². The number of nitrogens with zero attached hydrogens (tertiary/aromatic N) is 8. The molecule has 12 heteroatoms. The molecule has 6 heterocycles. The van der Waals surface area contributed by atoms with E-state index in [4.69, 9.17) is 48.7 Å². The topological polar surface area (TPSA) is 129 Å². The lowest BCUT2D eigenvalue weighted by Gasteiger charge is -2.11. The molecule has 10 nitrogen and oxygen atoms in total. The van der Waals surface area contributed by atoms with E-state index < -0.39 is 0 Å². The predicted molar refractivity (Wildman–Crippen MR) is 425 cm³/mol. The summed E-state index contributed by atoms with van der Waals surface area (Å²) in [5.41, 5.74) is 22.9. The SMILES string of the molecule is c1ccc(-c2cccc(-c3nc(-c4ccccc4)nc(-c4cccc5oc6c(-c7cccc(-c8nc9ccc(-c%10cccc(-c%11cccc(-c%12nc(-c%13ccccc%13)nc(-c%13cccc%14oc%15c(-c%16ccc(-c%17nc%18ccccc%18s%17)cc%16)cccc%15c%13%14)n%12)c%11)c%10)cc9s8)c7)cccc6c45)n3)c2)cc1. The smallest absolute Gasteiger partial charge is 0.164 e. The zero-order chi connectivity index (χ0) is 68.6. The van der Waals surface area contributed by atoms with Crippen molar-refractivity contribution in [2.75, 3.05) is 0 Å². The lowest BCUT2D eigenvalue weighted by Crippen LogP contribution is -2.00. The molecule has 20 rings (SSSR count). The fourth-order valence-electron chi connectivity index (χ4n) is 14.2. The van der Waals surface area contributed by atoms with Crippen LogP contribution >= 0.6 is 22.7 Å². The van der Waals surface area contributed by atoms with E-state index in [0.717, 1.165) is 170 Å². The Bertz CT molecular complexity index is 6710. The van der Waals surface area contributed by atoms with Gasteiger partial charge >= 0.3 is 0 Å². The minimum absolute atomic E-state index is 0.553. The molecule has 0 aliphatic carbocycles. The van der Waals surface area contributed by atoms with E-state index in [1.807, 2.05) is 97.1 Å². The zero-order valence-corrected chi connectivity index (χ0v) is 57.0. The third-order valence-electron chi connectivity index (χ3n) is 19.3. The largest absolute Gasteiger partial charge is 0.455 e. The summed E-state index contributed by atoms with van der Waals surface area (Å²) in [5.74, 6) is 3.44. The van der Waals surface area contributed by atoms with Gasteiger partial charge in [0, 0.05) is 77.2 Å². The number of benzene rings is 14. The van der Waals surface area contributed by atoms with E-state index in [1.54, 1.807) is 22.7 Å². The van der Waals surface area contributed by atoms with Crippen molar-refractivity contribution < 1.29 is 8.83 Å². The molecule has 0 fully saturated rings. The Morgan fingerprint density at radius 1 is 0.202 bits per heavy atom. The normalized spacial score (nSPS) is 11.7. The van der Waals surface area contributed by atoms with Gasteiger partial charge in [0.05, 0.1) is 20.4 Å². The van der Waals surface area contributed by atoms with Gasteiger partial charge < -0.3 is 8.83 Å². The molecular weight excluding hydrogens is 1310 g/mol. The van der Waals surface area contributed by atoms with E-state index in [0.29, 0.717) is 34.9 Å². The molecule has 20 aromatic rings. The van der Waals surface area contributed by atoms with Crippen molar-refractivity contribution in [1.82, 2.24) is 39.9 Å². The molecular formula is C92H54N8O2S2. The molecule has 0 saturated carbocycles. The minimum Gasteiger partial charge on any atom is -0.455 e. The summed E-state index contributed by atoms with van der Waals surface area (Å²) in [6.07, 6.45) is 0. The monoisotopic (exact) mass is 1370 g/mol. The van der Waals surface area contributed by atoms with Gasteiger partial charge in [0.1, 0.15) is 32.3 Å². The molecule has 0 unspecified atom stereocenters. The quantitative estimate of drug-likeness (QED) is 0.110. The first-order chi connectivity index (χ1) is 51.5. The first-order valence-electron chi connectivity index (χ1n) is 34.3. The lowest BCUT2D eigenvalue weighted by molar-refractivity contribution is 0.669. The highest BCUT2D eigenvalue weighted by Crippen LogP contribution is 2.45. The van der Waals surface area contributed by atoms with Gasteiger partial charge in [0.2, 0.25) is 0 Å². The van der Waals surface area contributed by atoms with Crippen LogP contribution in [-0.4, -0.2) is 39.9 Å². The Hall–Kier alpha value is -13.5. The molecule has 0 bridgehead atoms. The van der Waals surface area contributed by atoms with Crippen LogP contribution in [0.3, 0.4) is 0 Å². The number of rotatable bonds is 13. The first-order valence-corrected chi connectivity index (χ1v) is 36.0. The molecule has 486 valence electrons. The number of thiazole rings is 2. The standard InChI is InChI=1S/C92H54N8O2S2/c1-4-20-55(21-5-1)60-26-13-31-66(51-60)87-95-85(57-22-6-2-7-23-57)97-90(99-87)74-39-19-42-78-82(74)72-37-17-35-70(84(72)102-78)65-30-15-33-68(53-65)92-94-76-49-48-64(54-80(76)104-92)62-28-12-27-61(50-62)63-29-14-32-67(52-63)88-96-86(58-24-8-3-9-25-58)98-89(100-88)73-38-18-41-77-81(73)71-36-16-34-69(83(71)101-77)56-44-46-59(47-45-56)91-93-75-40-10-11-43-79(75)103-91/h1-54H. The van der Waals surface area contributed by atoms with Crippen LogP contribution in [-0.2, 0) is 0 Å². The number of aromatic nitrogens is 8. The molecule has 0 atom stereocenters. The van der Waals surface area contributed by atoms with E-state index in [1.165, 1.54) is 4.70 Å². The van der Waals surface area contributed by atoms with Gasteiger partial charge in [-0.3, -0.25) is 0 Å². The maximum Gasteiger partial charge on any atom is 0.164 e. The van der Waals surface area contributed by atoms with Crippen molar-refractivity contribution >= 4 is 87.0 Å². The second kappa shape index (κ2) is 25.3. The Balaban J connectivity index is 0.600. The Kier molecular flexibility index (Phi) is 14.7. The highest BCUT2D eigenvalue weighted by molar-refractivity contribution is 7.22. The summed E-state index contributed by atoms with van der Waals surface area (Å²) < 4.78 is 16.0. The molecule has 0 amide bonds. The van der Waals surface area contributed by atoms with E-state index in [2.05, 4.69) is 231 Å². The summed E-state index contributed by atoms with van der Waals surface area (Å²) in [4.78, 5) is 41.4. The Labute approximate surface area is 604 Å². The number of hydrogen-bond acceptors (Lipinski definition) is 12. The fraction of sp³-hybridized carbons (Fsp3) is 0. The van der Waals surface area contributed by atoms with Crippen molar-refractivity contribution in [3.05, 3.63) is 328 Å². The van der Waals surface area contributed by atoms with Gasteiger partial charge in [-0.1, -0.05) is 267 Å². The first kappa shape index (κ1) is 60.4. The van der Waals surface area contributed by atoms with Gasteiger partial charge in [-0.2, -0.15) is 0 Å². The molecule has 6 aromatic heterocycles. The van der Waals surface area contributed by atoms with Crippen LogP contribution in [0.4, 0.5) is 0 Å². The summed E-state index contributed by atoms with van der Waals surface area (Å²) >= 11 is 3.39. The number of para-hydroxylation sites is 3. The second-order valence-electron chi connectivity index (χ2n) is 25.7. The van der Waals surface area contributed by atoms with Crippen LogP contribution < -0.4 is 0 Å². The summed E-state index contributed by atoms with van der Waals surface area (Å²) in [5, 5.41) is 5.75.